The lowest BCUT2D eigenvalue weighted by molar-refractivity contribution is -0.351. The summed E-state index contributed by atoms with van der Waals surface area (Å²) in [6.45, 7) is 0. The maximum Gasteiger partial charge on any atom is 0.295 e. The van der Waals surface area contributed by atoms with Gasteiger partial charge in [-0.3, -0.25) is 0 Å². The highest BCUT2D eigenvalue weighted by Crippen LogP contribution is 1.69. The van der Waals surface area contributed by atoms with E-state index in [9.17, 15) is 0 Å². The molecule has 40 valence electrons. The SMILES string of the molecule is C[N+]1=C=CN=CN=C1. The van der Waals surface area contributed by atoms with E-state index in [4.69, 9.17) is 0 Å². The van der Waals surface area contributed by atoms with Crippen LogP contribution in [0, 0.1) is 0 Å². The molecule has 1 aliphatic heterocycles. The molecule has 0 saturated carbocycles. The molecule has 0 aromatic heterocycles. The summed E-state index contributed by atoms with van der Waals surface area (Å²) in [5.41, 5.74) is 0. The molecular weight excluding hydrogens is 102 g/mol. The second-order valence-electron chi connectivity index (χ2n) is 1.40. The first-order chi connectivity index (χ1) is 3.89. The third-order valence-corrected chi connectivity index (χ3v) is 0.709. The summed E-state index contributed by atoms with van der Waals surface area (Å²) in [5, 5.41) is 0. The second-order valence-corrected chi connectivity index (χ2v) is 1.40. The van der Waals surface area contributed by atoms with Gasteiger partial charge in [-0.15, -0.1) is 0 Å². The zero-order valence-corrected chi connectivity index (χ0v) is 4.57. The predicted octanol–water partition coefficient (Wildman–Crippen LogP) is -0.118. The van der Waals surface area contributed by atoms with Crippen LogP contribution in [0.2, 0.25) is 0 Å². The first-order valence-corrected chi connectivity index (χ1v) is 2.25. The quantitative estimate of drug-likeness (QED) is 0.387. The van der Waals surface area contributed by atoms with Crippen molar-refractivity contribution >= 4 is 18.5 Å². The molecule has 0 saturated heterocycles. The highest BCUT2D eigenvalue weighted by molar-refractivity contribution is 5.71. The first-order valence-electron chi connectivity index (χ1n) is 2.25. The van der Waals surface area contributed by atoms with Gasteiger partial charge in [0.1, 0.15) is 6.20 Å². The molecule has 0 aliphatic carbocycles. The molecule has 0 amide bonds. The van der Waals surface area contributed by atoms with Gasteiger partial charge in [0.15, 0.2) is 0 Å². The molecule has 0 radical (unpaired) electrons. The average Bonchev–Trinajstić information content (AvgIpc) is 1.94. The van der Waals surface area contributed by atoms with Gasteiger partial charge < -0.3 is 0 Å². The lowest BCUT2D eigenvalue weighted by Gasteiger charge is -1.71. The summed E-state index contributed by atoms with van der Waals surface area (Å²) in [5.74, 6) is 2.81. The van der Waals surface area contributed by atoms with Crippen LogP contribution in [-0.4, -0.2) is 30.2 Å². The lowest BCUT2D eigenvalue weighted by Crippen LogP contribution is -1.97. The number of aliphatic imine (C=N–C) groups is 2. The van der Waals surface area contributed by atoms with Gasteiger partial charge in [0.2, 0.25) is 6.34 Å². The van der Waals surface area contributed by atoms with Crippen LogP contribution in [0.3, 0.4) is 0 Å². The fourth-order valence-corrected chi connectivity index (χ4v) is 0.359. The first kappa shape index (κ1) is 4.94. The van der Waals surface area contributed by atoms with E-state index in [1.165, 1.54) is 6.34 Å². The molecule has 0 fully saturated rings. The van der Waals surface area contributed by atoms with Crippen LogP contribution in [0.25, 0.3) is 0 Å². The van der Waals surface area contributed by atoms with E-state index in [1.807, 2.05) is 7.05 Å². The van der Waals surface area contributed by atoms with Crippen molar-refractivity contribution in [3.63, 3.8) is 0 Å². The number of rotatable bonds is 0. The normalized spacial score (nSPS) is 15.9. The van der Waals surface area contributed by atoms with Crippen molar-refractivity contribution < 1.29 is 4.58 Å². The lowest BCUT2D eigenvalue weighted by atomic mass is 10.9. The van der Waals surface area contributed by atoms with Crippen molar-refractivity contribution in [3.8, 4) is 0 Å². The summed E-state index contributed by atoms with van der Waals surface area (Å²) in [7, 11) is 1.84. The summed E-state index contributed by atoms with van der Waals surface area (Å²) < 4.78 is 1.70. The summed E-state index contributed by atoms with van der Waals surface area (Å²) in [6, 6.07) is 0. The van der Waals surface area contributed by atoms with Crippen molar-refractivity contribution in [2.24, 2.45) is 9.98 Å². The van der Waals surface area contributed by atoms with Crippen LogP contribution in [0.5, 0.6) is 0 Å². The van der Waals surface area contributed by atoms with E-state index < -0.39 is 0 Å². The third kappa shape index (κ3) is 1.13. The Hall–Kier alpha value is -1.21. The van der Waals surface area contributed by atoms with Crippen molar-refractivity contribution in [2.45, 2.75) is 0 Å². The van der Waals surface area contributed by atoms with Crippen LogP contribution in [0.1, 0.15) is 0 Å². The number of hydrogen-bond acceptors (Lipinski definition) is 2. The minimum absolute atomic E-state index is 1.47. The zero-order valence-electron chi connectivity index (χ0n) is 4.57. The summed E-state index contributed by atoms with van der Waals surface area (Å²) in [4.78, 5) is 7.49. The minimum Gasteiger partial charge on any atom is -0.209 e. The highest BCUT2D eigenvalue weighted by atomic mass is 15.0. The van der Waals surface area contributed by atoms with E-state index in [0.29, 0.717) is 0 Å². The van der Waals surface area contributed by atoms with E-state index >= 15 is 0 Å². The minimum atomic E-state index is 1.47. The highest BCUT2D eigenvalue weighted by Gasteiger charge is 1.83. The van der Waals surface area contributed by atoms with Gasteiger partial charge in [-0.1, -0.05) is 0 Å². The van der Waals surface area contributed by atoms with Crippen LogP contribution >= 0.6 is 0 Å². The van der Waals surface area contributed by atoms with Gasteiger partial charge >= 0.3 is 0 Å². The van der Waals surface area contributed by atoms with Crippen molar-refractivity contribution in [2.75, 3.05) is 7.05 Å². The molecule has 0 N–H and O–H groups in total. The number of nitrogens with zero attached hydrogens (tertiary/aromatic N) is 3. The fraction of sp³-hybridized carbons (Fsp3) is 0.200. The summed E-state index contributed by atoms with van der Waals surface area (Å²) >= 11 is 0. The van der Waals surface area contributed by atoms with Gasteiger partial charge in [0.05, 0.1) is 12.9 Å². The smallest absolute Gasteiger partial charge is 0.209 e. The average molecular weight is 108 g/mol. The van der Waals surface area contributed by atoms with Crippen LogP contribution in [-0.2, 0) is 0 Å². The van der Waals surface area contributed by atoms with Crippen molar-refractivity contribution in [3.05, 3.63) is 6.20 Å². The Balaban J connectivity index is 2.95. The molecule has 1 heterocycles. The van der Waals surface area contributed by atoms with Crippen LogP contribution in [0.15, 0.2) is 16.2 Å². The van der Waals surface area contributed by atoms with Crippen LogP contribution < -0.4 is 0 Å². The third-order valence-electron chi connectivity index (χ3n) is 0.709. The topological polar surface area (TPSA) is 27.7 Å². The Labute approximate surface area is 47.4 Å². The molecule has 0 aromatic carbocycles. The molecule has 1 rings (SSSR count). The molecule has 3 nitrogen and oxygen atoms in total. The van der Waals surface area contributed by atoms with Gasteiger partial charge in [0.25, 0.3) is 6.34 Å². The second kappa shape index (κ2) is 2.19. The molecule has 0 bridgehead atoms. The Bertz CT molecular complexity index is 194. The largest absolute Gasteiger partial charge is 0.295 e. The molecular formula is C5H6N3+. The standard InChI is InChI=1S/C5H6N3/c1-8-3-2-6-4-7-5-8/h2,4-5H,1H3/q+1. The van der Waals surface area contributed by atoms with Crippen molar-refractivity contribution in [1.29, 1.82) is 0 Å². The van der Waals surface area contributed by atoms with E-state index in [-0.39, 0.29) is 0 Å². The Kier molecular flexibility index (Phi) is 1.35. The Morgan fingerprint density at radius 2 is 2.38 bits per heavy atom. The fourth-order valence-electron chi connectivity index (χ4n) is 0.359. The molecule has 3 heteroatoms. The molecule has 0 aromatic rings. The molecule has 0 spiro atoms. The molecule has 8 heavy (non-hydrogen) atoms. The predicted molar refractivity (Wildman–Crippen MR) is 32.7 cm³/mol. The van der Waals surface area contributed by atoms with Crippen LogP contribution in [0.4, 0.5) is 0 Å². The Morgan fingerprint density at radius 1 is 1.50 bits per heavy atom. The maximum absolute atomic E-state index is 3.77. The Morgan fingerprint density at radius 3 is 3.25 bits per heavy atom. The van der Waals surface area contributed by atoms with Gasteiger partial charge in [-0.2, -0.15) is 4.58 Å². The molecule has 0 atom stereocenters. The monoisotopic (exact) mass is 108 g/mol. The van der Waals surface area contributed by atoms with Gasteiger partial charge in [-0.05, 0) is 4.99 Å². The summed E-state index contributed by atoms with van der Waals surface area (Å²) in [6.07, 6.45) is 4.66. The van der Waals surface area contributed by atoms with E-state index in [1.54, 1.807) is 17.1 Å². The number of hydrogen-bond donors (Lipinski definition) is 0. The van der Waals surface area contributed by atoms with Crippen molar-refractivity contribution in [1.82, 2.24) is 0 Å². The van der Waals surface area contributed by atoms with Gasteiger partial charge in [-0.25, -0.2) is 4.99 Å². The zero-order chi connectivity index (χ0) is 5.82. The maximum atomic E-state index is 3.77. The molecule has 1 aliphatic rings. The molecule has 0 unspecified atom stereocenters. The van der Waals surface area contributed by atoms with Gasteiger partial charge in [0, 0.05) is 0 Å². The van der Waals surface area contributed by atoms with E-state index in [0.717, 1.165) is 0 Å². The van der Waals surface area contributed by atoms with E-state index in [2.05, 4.69) is 15.9 Å².